The molecule has 2 aliphatic heterocycles. The van der Waals surface area contributed by atoms with Gasteiger partial charge in [-0.1, -0.05) is 6.07 Å². The molecule has 3 N–H and O–H groups in total. The third kappa shape index (κ3) is 4.53. The molecule has 3 atom stereocenters. The molecule has 1 saturated heterocycles. The van der Waals surface area contributed by atoms with Crippen LogP contribution in [0.3, 0.4) is 0 Å². The van der Waals surface area contributed by atoms with Gasteiger partial charge in [0, 0.05) is 38.2 Å². The summed E-state index contributed by atoms with van der Waals surface area (Å²) in [6.07, 6.45) is 1.23. The number of carbonyl (C=O) groups is 3. The number of hydrogen-bond donors (Lipinski definition) is 3. The lowest BCUT2D eigenvalue weighted by Gasteiger charge is -2.40. The Morgan fingerprint density at radius 1 is 1.28 bits per heavy atom. The van der Waals surface area contributed by atoms with Crippen molar-refractivity contribution in [2.75, 3.05) is 25.6 Å². The smallest absolute Gasteiger partial charge is 0.255 e. The summed E-state index contributed by atoms with van der Waals surface area (Å²) < 4.78 is 5.05. The number of rotatable bonds is 5. The Kier molecular flexibility index (Phi) is 6.12. The molecule has 1 fully saturated rings. The molecule has 0 radical (unpaired) electrons. The van der Waals surface area contributed by atoms with E-state index in [-0.39, 0.29) is 30.2 Å². The maximum Gasteiger partial charge on any atom is 0.255 e. The van der Waals surface area contributed by atoms with Crippen LogP contribution in [0.5, 0.6) is 0 Å². The number of likely N-dealkylation sites (tertiary alicyclic amines) is 1. The number of carbonyl (C=O) groups excluding carboxylic acids is 3. The number of ether oxygens (including phenoxy) is 1. The van der Waals surface area contributed by atoms with Crippen molar-refractivity contribution in [3.05, 3.63) is 29.3 Å². The Balaban J connectivity index is 1.73. The minimum atomic E-state index is -0.693. The molecule has 2 heterocycles. The maximum absolute atomic E-state index is 12.8. The largest absolute Gasteiger partial charge is 0.383 e. The van der Waals surface area contributed by atoms with Gasteiger partial charge in [-0.05, 0) is 44.9 Å². The summed E-state index contributed by atoms with van der Waals surface area (Å²) in [7, 11) is 1.58. The lowest BCUT2D eigenvalue weighted by Crippen LogP contribution is -2.58. The number of aryl methyl sites for hydroxylation is 1. The fourth-order valence-electron chi connectivity index (χ4n) is 4.01. The lowest BCUT2D eigenvalue weighted by molar-refractivity contribution is -0.139. The van der Waals surface area contributed by atoms with Crippen molar-refractivity contribution in [3.63, 3.8) is 0 Å². The number of nitrogens with zero attached hydrogens (tertiary/aromatic N) is 1. The summed E-state index contributed by atoms with van der Waals surface area (Å²) >= 11 is 0. The molecule has 8 nitrogen and oxygen atoms in total. The second-order valence-corrected chi connectivity index (χ2v) is 8.09. The molecule has 0 saturated carbocycles. The van der Waals surface area contributed by atoms with Crippen LogP contribution in [-0.2, 0) is 14.3 Å². The first-order valence-electron chi connectivity index (χ1n) is 10.0. The predicted molar refractivity (Wildman–Crippen MR) is 110 cm³/mol. The Labute approximate surface area is 171 Å². The van der Waals surface area contributed by atoms with Crippen molar-refractivity contribution < 1.29 is 19.1 Å². The molecule has 3 rings (SSSR count). The zero-order valence-corrected chi connectivity index (χ0v) is 17.5. The molecule has 1 aromatic rings. The van der Waals surface area contributed by atoms with E-state index in [2.05, 4.69) is 16.0 Å². The third-order valence-corrected chi connectivity index (χ3v) is 5.66. The van der Waals surface area contributed by atoms with E-state index in [0.29, 0.717) is 31.6 Å². The first-order chi connectivity index (χ1) is 13.7. The normalized spacial score (nSPS) is 23.5. The van der Waals surface area contributed by atoms with Crippen molar-refractivity contribution in [2.45, 2.75) is 57.8 Å². The number of hydrogen-bond acceptors (Lipinski definition) is 5. The number of fused-ring (bicyclic) bond motifs is 1. The topological polar surface area (TPSA) is 99.8 Å². The van der Waals surface area contributed by atoms with Gasteiger partial charge in [-0.2, -0.15) is 0 Å². The standard InChI is InChI=1S/C21H30N4O4/c1-13-5-6-16-17(11-13)23-21(24-20(16)28)8-7-18(26)25(10-9-21)15(3)19(27)22-14(2)12-29-4/h5-6,11,14-15,23H,7-10,12H2,1-4H3,(H,22,27)(H,24,28)/t14-,15-,21-/m0/s1. The highest BCUT2D eigenvalue weighted by molar-refractivity contribution is 6.02. The van der Waals surface area contributed by atoms with Crippen LogP contribution in [0.15, 0.2) is 18.2 Å². The van der Waals surface area contributed by atoms with E-state index in [1.165, 1.54) is 0 Å². The van der Waals surface area contributed by atoms with Gasteiger partial charge in [0.05, 0.1) is 12.2 Å². The van der Waals surface area contributed by atoms with Gasteiger partial charge in [0.2, 0.25) is 11.8 Å². The van der Waals surface area contributed by atoms with Gasteiger partial charge in [-0.25, -0.2) is 0 Å². The molecular formula is C21H30N4O4. The number of anilines is 1. The van der Waals surface area contributed by atoms with E-state index >= 15 is 0 Å². The first-order valence-corrected chi connectivity index (χ1v) is 10.0. The van der Waals surface area contributed by atoms with E-state index in [1.54, 1.807) is 18.9 Å². The molecule has 3 amide bonds. The Morgan fingerprint density at radius 3 is 2.76 bits per heavy atom. The van der Waals surface area contributed by atoms with Gasteiger partial charge in [0.1, 0.15) is 11.7 Å². The van der Waals surface area contributed by atoms with Crippen molar-refractivity contribution in [2.24, 2.45) is 0 Å². The molecule has 29 heavy (non-hydrogen) atoms. The third-order valence-electron chi connectivity index (χ3n) is 5.66. The van der Waals surface area contributed by atoms with Gasteiger partial charge in [0.25, 0.3) is 5.91 Å². The van der Waals surface area contributed by atoms with Crippen molar-refractivity contribution in [1.29, 1.82) is 0 Å². The molecule has 1 aromatic carbocycles. The van der Waals surface area contributed by atoms with E-state index in [0.717, 1.165) is 11.3 Å². The fourth-order valence-corrected chi connectivity index (χ4v) is 4.01. The van der Waals surface area contributed by atoms with Gasteiger partial charge < -0.3 is 25.6 Å². The number of methoxy groups -OCH3 is 1. The molecule has 158 valence electrons. The van der Waals surface area contributed by atoms with E-state index in [1.807, 2.05) is 32.0 Å². The number of benzene rings is 1. The monoisotopic (exact) mass is 402 g/mol. The van der Waals surface area contributed by atoms with E-state index in [4.69, 9.17) is 4.74 Å². The van der Waals surface area contributed by atoms with E-state index in [9.17, 15) is 14.4 Å². The summed E-state index contributed by atoms with van der Waals surface area (Å²) in [5, 5.41) is 9.39. The van der Waals surface area contributed by atoms with Crippen LogP contribution in [-0.4, -0.2) is 60.6 Å². The summed E-state index contributed by atoms with van der Waals surface area (Å²) in [5.74, 6) is -0.436. The molecule has 0 bridgehead atoms. The zero-order chi connectivity index (χ0) is 21.2. The molecule has 1 spiro atoms. The lowest BCUT2D eigenvalue weighted by atomic mass is 9.94. The molecular weight excluding hydrogens is 372 g/mol. The summed E-state index contributed by atoms with van der Waals surface area (Å²) in [4.78, 5) is 39.6. The quantitative estimate of drug-likeness (QED) is 0.691. The summed E-state index contributed by atoms with van der Waals surface area (Å²) in [5.41, 5.74) is 1.76. The Morgan fingerprint density at radius 2 is 2.03 bits per heavy atom. The van der Waals surface area contributed by atoms with Crippen molar-refractivity contribution >= 4 is 23.4 Å². The minimum absolute atomic E-state index is 0.0880. The van der Waals surface area contributed by atoms with Gasteiger partial charge in [-0.3, -0.25) is 14.4 Å². The Hall–Kier alpha value is -2.61. The number of amides is 3. The fraction of sp³-hybridized carbons (Fsp3) is 0.571. The first kappa shape index (κ1) is 21.1. The van der Waals surface area contributed by atoms with Crippen LogP contribution in [0.4, 0.5) is 5.69 Å². The molecule has 0 unspecified atom stereocenters. The maximum atomic E-state index is 12.8. The van der Waals surface area contributed by atoms with Crippen LogP contribution >= 0.6 is 0 Å². The highest BCUT2D eigenvalue weighted by atomic mass is 16.5. The van der Waals surface area contributed by atoms with Crippen LogP contribution in [0.2, 0.25) is 0 Å². The number of nitrogens with one attached hydrogen (secondary N) is 3. The predicted octanol–water partition coefficient (Wildman–Crippen LogP) is 1.40. The highest BCUT2D eigenvalue weighted by Gasteiger charge is 2.41. The molecule has 8 heteroatoms. The minimum Gasteiger partial charge on any atom is -0.383 e. The zero-order valence-electron chi connectivity index (χ0n) is 17.5. The van der Waals surface area contributed by atoms with Crippen LogP contribution in [0.1, 0.15) is 49.0 Å². The second-order valence-electron chi connectivity index (χ2n) is 8.09. The van der Waals surface area contributed by atoms with E-state index < -0.39 is 11.7 Å². The summed E-state index contributed by atoms with van der Waals surface area (Å²) in [6, 6.07) is 4.93. The average molecular weight is 402 g/mol. The Bertz CT molecular complexity index is 812. The average Bonchev–Trinajstić information content (AvgIpc) is 2.80. The van der Waals surface area contributed by atoms with Gasteiger partial charge >= 0.3 is 0 Å². The summed E-state index contributed by atoms with van der Waals surface area (Å²) in [6.45, 7) is 6.35. The molecule has 2 aliphatic rings. The highest BCUT2D eigenvalue weighted by Crippen LogP contribution is 2.32. The van der Waals surface area contributed by atoms with Gasteiger partial charge in [-0.15, -0.1) is 0 Å². The van der Waals surface area contributed by atoms with Crippen molar-refractivity contribution in [3.8, 4) is 0 Å². The second kappa shape index (κ2) is 8.41. The van der Waals surface area contributed by atoms with Crippen LogP contribution in [0, 0.1) is 6.92 Å². The molecule has 0 aliphatic carbocycles. The van der Waals surface area contributed by atoms with Crippen molar-refractivity contribution in [1.82, 2.24) is 15.5 Å². The SMILES string of the molecule is COC[C@H](C)NC(=O)[C@H](C)N1CC[C@]2(CCC1=O)NC(=O)c1ccc(C)cc1N2. The molecule has 0 aromatic heterocycles. The van der Waals surface area contributed by atoms with Crippen LogP contribution in [0.25, 0.3) is 0 Å². The van der Waals surface area contributed by atoms with Crippen LogP contribution < -0.4 is 16.0 Å². The van der Waals surface area contributed by atoms with Gasteiger partial charge in [0.15, 0.2) is 0 Å².